The van der Waals surface area contributed by atoms with Crippen molar-refractivity contribution in [3.8, 4) is 69.0 Å². The van der Waals surface area contributed by atoms with E-state index in [-0.39, 0.29) is 57.8 Å². The van der Waals surface area contributed by atoms with Crippen LogP contribution in [-0.2, 0) is 30.0 Å². The number of rotatable bonds is 30. The van der Waals surface area contributed by atoms with Crippen molar-refractivity contribution >= 4 is 23.9 Å². The number of carbonyl (C=O) groups is 4. The summed E-state index contributed by atoms with van der Waals surface area (Å²) in [5, 5.41) is 138. The van der Waals surface area contributed by atoms with Gasteiger partial charge >= 0.3 is 23.9 Å². The summed E-state index contributed by atoms with van der Waals surface area (Å²) in [6.07, 6.45) is 4.67. The molecular formula is C127H148O20. The lowest BCUT2D eigenvalue weighted by atomic mass is 9.52. The highest BCUT2D eigenvalue weighted by atomic mass is 16.5. The van der Waals surface area contributed by atoms with Gasteiger partial charge in [0, 0.05) is 56.8 Å². The van der Waals surface area contributed by atoms with Crippen molar-refractivity contribution in [3.05, 3.63) is 342 Å². The van der Waals surface area contributed by atoms with Gasteiger partial charge in [0.25, 0.3) is 0 Å². The van der Waals surface area contributed by atoms with Crippen LogP contribution in [0.1, 0.15) is 334 Å². The second kappa shape index (κ2) is 41.4. The van der Waals surface area contributed by atoms with Crippen molar-refractivity contribution in [3.63, 3.8) is 0 Å². The Labute approximate surface area is 866 Å². The van der Waals surface area contributed by atoms with Crippen LogP contribution in [0.15, 0.2) is 97.1 Å². The molecule has 0 radical (unpaired) electrons. The van der Waals surface area contributed by atoms with Gasteiger partial charge in [-0.25, -0.2) is 19.2 Å². The molecule has 2 aliphatic rings. The fourth-order valence-corrected chi connectivity index (χ4v) is 25.2. The number of carboxylic acid groups (broad SMARTS) is 4. The van der Waals surface area contributed by atoms with Crippen LogP contribution in [0.4, 0.5) is 0 Å². The molecule has 0 heterocycles. The number of phenolic OH excluding ortho intramolecular Hbond substituents is 8. The molecular weight excluding hydrogens is 1850 g/mol. The highest BCUT2D eigenvalue weighted by Gasteiger charge is 2.51. The summed E-state index contributed by atoms with van der Waals surface area (Å²) < 4.78 is 26.9. The molecule has 147 heavy (non-hydrogen) atoms. The summed E-state index contributed by atoms with van der Waals surface area (Å²) >= 11 is 0. The summed E-state index contributed by atoms with van der Waals surface area (Å²) in [6, 6.07) is 33.3. The van der Waals surface area contributed by atoms with Gasteiger partial charge in [-0.05, 0) is 485 Å². The minimum Gasteiger partial charge on any atom is -0.507 e. The summed E-state index contributed by atoms with van der Waals surface area (Å²) in [5.41, 5.74) is 29.4. The normalized spacial score (nSPS) is 14.0. The Morgan fingerprint density at radius 3 is 0.510 bits per heavy atom. The average molecular weight is 1990 g/mol. The Morgan fingerprint density at radius 2 is 0.374 bits per heavy atom. The van der Waals surface area contributed by atoms with Crippen LogP contribution in [0, 0.1) is 211 Å². The van der Waals surface area contributed by atoms with Crippen LogP contribution in [0.3, 0.4) is 0 Å². The van der Waals surface area contributed by atoms with Gasteiger partial charge in [-0.1, -0.05) is 111 Å². The third-order valence-corrected chi connectivity index (χ3v) is 35.1. The van der Waals surface area contributed by atoms with E-state index in [0.29, 0.717) is 208 Å². The predicted octanol–water partition coefficient (Wildman–Crippen LogP) is 27.2. The van der Waals surface area contributed by atoms with E-state index in [1.165, 1.54) is 0 Å². The Balaban J connectivity index is 1.04. The van der Waals surface area contributed by atoms with Gasteiger partial charge in [0.1, 0.15) is 69.0 Å². The van der Waals surface area contributed by atoms with E-state index in [0.717, 1.165) is 111 Å². The van der Waals surface area contributed by atoms with Crippen LogP contribution >= 0.6 is 0 Å². The zero-order chi connectivity index (χ0) is 108. The van der Waals surface area contributed by atoms with Gasteiger partial charge in [0.05, 0.1) is 0 Å². The molecule has 0 aromatic heterocycles. The molecule has 20 heteroatoms. The number of phenols is 8. The zero-order valence-corrected chi connectivity index (χ0v) is 91.3. The first-order valence-corrected chi connectivity index (χ1v) is 51.2. The first-order valence-electron chi connectivity index (χ1n) is 51.2. The third kappa shape index (κ3) is 19.6. The molecule has 2 fully saturated rings. The van der Waals surface area contributed by atoms with Crippen molar-refractivity contribution in [2.45, 2.75) is 294 Å². The number of aliphatic carboxylic acids is 4. The number of benzene rings is 12. The second-order valence-electron chi connectivity index (χ2n) is 43.9. The molecule has 12 N–H and O–H groups in total. The molecule has 14 rings (SSSR count). The van der Waals surface area contributed by atoms with E-state index in [1.54, 1.807) is 0 Å². The lowest BCUT2D eigenvalue weighted by Gasteiger charge is -2.52. The molecule has 2 saturated carbocycles. The van der Waals surface area contributed by atoms with E-state index in [2.05, 4.69) is 62.4 Å². The second-order valence-corrected chi connectivity index (χ2v) is 43.9. The third-order valence-electron chi connectivity index (χ3n) is 35.1. The number of aromatic hydroxyl groups is 8. The molecule has 0 bridgehead atoms. The summed E-state index contributed by atoms with van der Waals surface area (Å²) in [6.45, 7) is 55.8. The summed E-state index contributed by atoms with van der Waals surface area (Å²) in [5.74, 6) is -5.15. The van der Waals surface area contributed by atoms with Crippen LogP contribution < -0.4 is 18.9 Å². The molecule has 0 saturated heterocycles. The fraction of sp³-hybridized carbons (Fsp3) is 0.402. The maximum Gasteiger partial charge on any atom is 0.341 e. The summed E-state index contributed by atoms with van der Waals surface area (Å²) in [4.78, 5) is 52.7. The lowest BCUT2D eigenvalue weighted by molar-refractivity contribution is -0.140. The lowest BCUT2D eigenvalue weighted by Crippen LogP contribution is -2.43. The maximum absolute atomic E-state index is 13.2. The number of ether oxygens (including phenoxy) is 4. The molecule has 776 valence electrons. The molecule has 0 spiro atoms. The van der Waals surface area contributed by atoms with Crippen LogP contribution in [0.25, 0.3) is 0 Å². The number of hydrogen-bond acceptors (Lipinski definition) is 16. The Hall–Kier alpha value is -13.9. The molecule has 0 atom stereocenters. The highest BCUT2D eigenvalue weighted by Crippen LogP contribution is 2.63. The van der Waals surface area contributed by atoms with Gasteiger partial charge in [-0.3, -0.25) is 0 Å². The van der Waals surface area contributed by atoms with Crippen LogP contribution in [0.5, 0.6) is 69.0 Å². The number of carboxylic acids is 4. The molecule has 0 unspecified atom stereocenters. The number of aryl methyl sites for hydroxylation is 12. The number of hydrogen-bond donors (Lipinski definition) is 12. The first kappa shape index (κ1) is 109. The van der Waals surface area contributed by atoms with Crippen molar-refractivity contribution in [1.29, 1.82) is 0 Å². The Morgan fingerprint density at radius 1 is 0.231 bits per heavy atom. The van der Waals surface area contributed by atoms with Crippen LogP contribution in [-0.4, -0.2) is 112 Å². The smallest absolute Gasteiger partial charge is 0.341 e. The van der Waals surface area contributed by atoms with Crippen molar-refractivity contribution in [2.24, 2.45) is 17.3 Å². The van der Waals surface area contributed by atoms with Gasteiger partial charge in [0.2, 0.25) is 0 Å². The minimum absolute atomic E-state index is 0.0101. The fourth-order valence-electron chi connectivity index (χ4n) is 25.2. The van der Waals surface area contributed by atoms with Gasteiger partial charge < -0.3 is 80.2 Å². The molecule has 2 aliphatic carbocycles. The Bertz CT molecular complexity index is 6290. The van der Waals surface area contributed by atoms with Gasteiger partial charge in [-0.2, -0.15) is 0 Å². The Kier molecular flexibility index (Phi) is 30.7. The molecule has 0 aliphatic heterocycles. The SMILES string of the molecule is Cc1cc(C(c2cc(C)c(O)c(C)c2C)c2cc(C3(c4cc(C)c(OCC(=O)O)c(C(c5cc(C)c(O)c(C)c5C)c5cc(C)c(O)c(C)c5C)c4)CCC(C(C)(C)C4CCC(c5cc(C)c(OCC(=O)O)c(C(c6cc(C)c(O)c(C)c6C)c6cc(C)c(O)c(C)c6C)c5)(c5cc(C)c(OCC(=O)O)c(C(c6cc(C)c(O)c(C)c6C)c6cc(C)c(O)c(C)c6C)c5)CC4)CC3)cc(C)c2OCC(=O)O)c(C)c(C)c1O. The van der Waals surface area contributed by atoms with Gasteiger partial charge in [0.15, 0.2) is 26.4 Å². The highest BCUT2D eigenvalue weighted by molar-refractivity contribution is 5.75. The maximum atomic E-state index is 13.2. The van der Waals surface area contributed by atoms with Crippen molar-refractivity contribution in [1.82, 2.24) is 0 Å². The quantitative estimate of drug-likeness (QED) is 0.0186. The molecule has 0 amide bonds. The summed E-state index contributed by atoms with van der Waals surface area (Å²) in [7, 11) is 0. The van der Waals surface area contributed by atoms with E-state index in [1.807, 2.05) is 242 Å². The first-order chi connectivity index (χ1) is 68.8. The zero-order valence-electron chi connectivity index (χ0n) is 91.3. The topological polar surface area (TPSA) is 348 Å². The standard InChI is InChI=1S/C127H148O20/c1-59-43-93(71(13)79(21)113(59)136)109(94-44-60(2)114(137)80(22)72(94)14)101-51-89(39-67(9)121(101)144-55-105(128)129)126(90-40-68(10)122(145-56-106(130)131)102(52-90)110(95-45-61(3)115(138)81(23)73(95)15)96-46-62(4)116(139)82(24)74(96)16)35-31-87(32-36-126)125(29,30)88-33-37-127(38-34-88,91-41-69(11)123(146-57-107(132)133)103(53-91)111(97-47-63(5)117(140)83(25)75(97)17)98-48-64(6)118(141)84(26)76(98)18)92-42-70(12)124(147-58-108(134)135)104(54-92)112(99-49-65(7)119(142)85(27)77(99)19)100-50-66(8)120(143)86(28)78(100)20/h39-54,87-88,109-112,136-143H,31-38,55-58H2,1-30H3,(H,128,129)(H,130,131)(H,132,133)(H,134,135). The molecule has 12 aromatic carbocycles. The molecule has 20 nitrogen and oxygen atoms in total. The van der Waals surface area contributed by atoms with Crippen molar-refractivity contribution in [2.75, 3.05) is 26.4 Å². The van der Waals surface area contributed by atoms with E-state index in [4.69, 9.17) is 18.9 Å². The molecule has 12 aromatic rings. The monoisotopic (exact) mass is 1990 g/mol. The van der Waals surface area contributed by atoms with Crippen molar-refractivity contribution < 1.29 is 99.4 Å². The minimum atomic E-state index is -1.19. The van der Waals surface area contributed by atoms with E-state index in [9.17, 15) is 80.5 Å². The average Bonchev–Trinajstić information content (AvgIpc) is 0.723. The predicted molar refractivity (Wildman–Crippen MR) is 579 cm³/mol. The van der Waals surface area contributed by atoms with E-state index < -0.39 is 90.2 Å². The van der Waals surface area contributed by atoms with Gasteiger partial charge in [-0.15, -0.1) is 0 Å². The van der Waals surface area contributed by atoms with E-state index >= 15 is 0 Å². The van der Waals surface area contributed by atoms with Crippen LogP contribution in [0.2, 0.25) is 0 Å². The largest absolute Gasteiger partial charge is 0.507 e.